The van der Waals surface area contributed by atoms with Gasteiger partial charge in [-0.05, 0) is 17.9 Å². The number of nitrogens with one attached hydrogen (secondary N) is 1. The Morgan fingerprint density at radius 1 is 0.857 bits per heavy atom. The van der Waals surface area contributed by atoms with Crippen LogP contribution in [0.3, 0.4) is 0 Å². The van der Waals surface area contributed by atoms with Gasteiger partial charge in [-0.25, -0.2) is 0 Å². The number of aromatic nitrogens is 3. The number of rotatable bonds is 9. The molecule has 0 spiro atoms. The molecule has 2 aromatic carbocycles. The molecule has 0 fully saturated rings. The van der Waals surface area contributed by atoms with Crippen LogP contribution >= 0.6 is 0 Å². The van der Waals surface area contributed by atoms with Gasteiger partial charge in [0.2, 0.25) is 0 Å². The Morgan fingerprint density at radius 2 is 1.57 bits per heavy atom. The Hall–Kier alpha value is -2.36. The van der Waals surface area contributed by atoms with E-state index >= 15 is 0 Å². The molecule has 0 aliphatic rings. The molecular weight excluding hydrogens is 346 g/mol. The average Bonchev–Trinajstić information content (AvgIpc) is 3.15. The van der Waals surface area contributed by atoms with Crippen LogP contribution in [0.4, 0.5) is 0 Å². The van der Waals surface area contributed by atoms with E-state index in [4.69, 9.17) is 4.74 Å². The van der Waals surface area contributed by atoms with Crippen molar-refractivity contribution in [2.75, 3.05) is 6.61 Å². The third-order valence-electron chi connectivity index (χ3n) is 5.20. The van der Waals surface area contributed by atoms with Crippen LogP contribution in [0.1, 0.15) is 71.8 Å². The molecule has 0 atom stereocenters. The van der Waals surface area contributed by atoms with Gasteiger partial charge in [-0.2, -0.15) is 15.4 Å². The first-order chi connectivity index (χ1) is 13.5. The van der Waals surface area contributed by atoms with Gasteiger partial charge in [-0.3, -0.25) is 0 Å². The van der Waals surface area contributed by atoms with Gasteiger partial charge >= 0.3 is 0 Å². The Labute approximate surface area is 168 Å². The number of nitrogens with zero attached hydrogens (tertiary/aromatic N) is 2. The van der Waals surface area contributed by atoms with Crippen LogP contribution < -0.4 is 4.74 Å². The summed E-state index contributed by atoms with van der Waals surface area (Å²) in [6, 6.07) is 12.5. The van der Waals surface area contributed by atoms with Crippen LogP contribution in [0.15, 0.2) is 36.4 Å². The number of fused-ring (bicyclic) bond motifs is 1. The molecule has 0 saturated heterocycles. The van der Waals surface area contributed by atoms with E-state index in [1.54, 1.807) is 0 Å². The van der Waals surface area contributed by atoms with Crippen LogP contribution in [-0.2, 0) is 5.41 Å². The summed E-state index contributed by atoms with van der Waals surface area (Å²) in [5, 5.41) is 11.4. The normalized spacial score (nSPS) is 11.9. The fourth-order valence-corrected chi connectivity index (χ4v) is 3.64. The van der Waals surface area contributed by atoms with Crippen LogP contribution in [0.25, 0.3) is 22.2 Å². The van der Waals surface area contributed by atoms with Gasteiger partial charge in [0.25, 0.3) is 0 Å². The summed E-state index contributed by atoms with van der Waals surface area (Å²) in [5.41, 5.74) is 5.16. The molecular formula is C24H33N3O. The summed E-state index contributed by atoms with van der Waals surface area (Å²) in [6.45, 7) is 9.71. The average molecular weight is 380 g/mol. The molecule has 4 heteroatoms. The van der Waals surface area contributed by atoms with Gasteiger partial charge in [0.05, 0.1) is 6.61 Å². The van der Waals surface area contributed by atoms with E-state index in [-0.39, 0.29) is 5.41 Å². The van der Waals surface area contributed by atoms with E-state index < -0.39 is 0 Å². The first-order valence-electron chi connectivity index (χ1n) is 10.6. The van der Waals surface area contributed by atoms with Crippen LogP contribution in [0, 0.1) is 0 Å². The van der Waals surface area contributed by atoms with Gasteiger partial charge in [-0.1, -0.05) is 90.1 Å². The summed E-state index contributed by atoms with van der Waals surface area (Å²) < 4.78 is 6.42. The highest BCUT2D eigenvalue weighted by Gasteiger charge is 2.23. The van der Waals surface area contributed by atoms with Crippen molar-refractivity contribution in [2.24, 2.45) is 0 Å². The minimum atomic E-state index is 0.00416. The Bertz CT molecular complexity index is 892. The predicted molar refractivity (Wildman–Crippen MR) is 117 cm³/mol. The fourth-order valence-electron chi connectivity index (χ4n) is 3.64. The van der Waals surface area contributed by atoms with Crippen molar-refractivity contribution in [1.82, 2.24) is 15.4 Å². The Balaban J connectivity index is 1.87. The standard InChI is InChI=1S/C24H33N3O/c1-5-6-7-8-9-10-17-28-23-19(14-11-15-20(23)24(2,3)4)18-13-12-16-21-22(18)26-27-25-21/h11-16H,5-10,17H2,1-4H3,(H,25,26,27). The smallest absolute Gasteiger partial charge is 0.130 e. The molecule has 28 heavy (non-hydrogen) atoms. The van der Waals surface area contributed by atoms with Crippen LogP contribution in [-0.4, -0.2) is 22.0 Å². The second kappa shape index (κ2) is 9.22. The van der Waals surface area contributed by atoms with E-state index in [1.807, 2.05) is 12.1 Å². The number of benzene rings is 2. The summed E-state index contributed by atoms with van der Waals surface area (Å²) in [5.74, 6) is 0.985. The summed E-state index contributed by atoms with van der Waals surface area (Å²) in [6.07, 6.45) is 7.56. The number of hydrogen-bond acceptors (Lipinski definition) is 3. The SMILES string of the molecule is CCCCCCCCOc1c(-c2cccc3n[nH]nc23)cccc1C(C)(C)C. The lowest BCUT2D eigenvalue weighted by Crippen LogP contribution is -2.14. The lowest BCUT2D eigenvalue weighted by Gasteiger charge is -2.25. The van der Waals surface area contributed by atoms with Crippen molar-refractivity contribution in [3.8, 4) is 16.9 Å². The second-order valence-corrected chi connectivity index (χ2v) is 8.55. The lowest BCUT2D eigenvalue weighted by molar-refractivity contribution is 0.298. The zero-order valence-corrected chi connectivity index (χ0v) is 17.7. The summed E-state index contributed by atoms with van der Waals surface area (Å²) in [4.78, 5) is 0. The van der Waals surface area contributed by atoms with Gasteiger partial charge in [0.1, 0.15) is 16.8 Å². The monoisotopic (exact) mass is 379 g/mol. The lowest BCUT2D eigenvalue weighted by atomic mass is 9.84. The van der Waals surface area contributed by atoms with E-state index in [0.717, 1.165) is 40.9 Å². The number of para-hydroxylation sites is 2. The van der Waals surface area contributed by atoms with Crippen molar-refractivity contribution in [3.63, 3.8) is 0 Å². The molecule has 3 rings (SSSR count). The van der Waals surface area contributed by atoms with Crippen molar-refractivity contribution >= 4 is 11.0 Å². The molecule has 4 nitrogen and oxygen atoms in total. The maximum atomic E-state index is 6.42. The first-order valence-corrected chi connectivity index (χ1v) is 10.6. The highest BCUT2D eigenvalue weighted by molar-refractivity contribution is 5.93. The molecule has 1 aromatic heterocycles. The van der Waals surface area contributed by atoms with Crippen LogP contribution in [0.2, 0.25) is 0 Å². The number of hydrogen-bond donors (Lipinski definition) is 1. The van der Waals surface area contributed by atoms with E-state index in [9.17, 15) is 0 Å². The molecule has 0 aliphatic carbocycles. The molecule has 0 amide bonds. The van der Waals surface area contributed by atoms with Crippen molar-refractivity contribution in [2.45, 2.75) is 71.6 Å². The number of H-pyrrole nitrogens is 1. The largest absolute Gasteiger partial charge is 0.493 e. The highest BCUT2D eigenvalue weighted by Crippen LogP contribution is 2.41. The third-order valence-corrected chi connectivity index (χ3v) is 5.20. The molecule has 0 saturated carbocycles. The Kier molecular flexibility index (Phi) is 6.71. The molecule has 0 aliphatic heterocycles. The summed E-state index contributed by atoms with van der Waals surface area (Å²) in [7, 11) is 0. The predicted octanol–water partition coefficient (Wildman–Crippen LogP) is 6.66. The summed E-state index contributed by atoms with van der Waals surface area (Å²) >= 11 is 0. The fraction of sp³-hybridized carbons (Fsp3) is 0.500. The molecule has 3 aromatic rings. The minimum absolute atomic E-state index is 0.00416. The molecule has 1 N–H and O–H groups in total. The second-order valence-electron chi connectivity index (χ2n) is 8.55. The van der Waals surface area contributed by atoms with Crippen molar-refractivity contribution in [1.29, 1.82) is 0 Å². The van der Waals surface area contributed by atoms with Crippen molar-refractivity contribution in [3.05, 3.63) is 42.0 Å². The number of unbranched alkanes of at least 4 members (excludes halogenated alkanes) is 5. The van der Waals surface area contributed by atoms with Gasteiger partial charge < -0.3 is 4.74 Å². The molecule has 0 unspecified atom stereocenters. The van der Waals surface area contributed by atoms with E-state index in [1.165, 1.54) is 37.7 Å². The molecule has 0 bridgehead atoms. The topological polar surface area (TPSA) is 50.8 Å². The first kappa shape index (κ1) is 20.4. The van der Waals surface area contributed by atoms with Gasteiger partial charge in [0, 0.05) is 16.7 Å². The maximum Gasteiger partial charge on any atom is 0.130 e. The van der Waals surface area contributed by atoms with Crippen LogP contribution in [0.5, 0.6) is 5.75 Å². The molecule has 150 valence electrons. The Morgan fingerprint density at radius 3 is 2.36 bits per heavy atom. The quantitative estimate of drug-likeness (QED) is 0.423. The molecule has 0 radical (unpaired) electrons. The van der Waals surface area contributed by atoms with Gasteiger partial charge in [-0.15, -0.1) is 0 Å². The maximum absolute atomic E-state index is 6.42. The minimum Gasteiger partial charge on any atom is -0.493 e. The highest BCUT2D eigenvalue weighted by atomic mass is 16.5. The van der Waals surface area contributed by atoms with E-state index in [0.29, 0.717) is 0 Å². The third kappa shape index (κ3) is 4.73. The van der Waals surface area contributed by atoms with Crippen molar-refractivity contribution < 1.29 is 4.74 Å². The zero-order valence-electron chi connectivity index (χ0n) is 17.7. The number of aromatic amines is 1. The zero-order chi connectivity index (χ0) is 20.0. The van der Waals surface area contributed by atoms with Gasteiger partial charge in [0.15, 0.2) is 0 Å². The number of ether oxygens (including phenoxy) is 1. The van der Waals surface area contributed by atoms with E-state index in [2.05, 4.69) is 67.4 Å². The molecule has 1 heterocycles.